The Morgan fingerprint density at radius 3 is 3.00 bits per heavy atom. The van der Waals surface area contributed by atoms with Crippen LogP contribution in [-0.4, -0.2) is 20.9 Å². The lowest BCUT2D eigenvalue weighted by molar-refractivity contribution is 0.113. The van der Waals surface area contributed by atoms with Gasteiger partial charge in [-0.05, 0) is 6.07 Å². The molecule has 1 aliphatic heterocycles. The zero-order valence-corrected chi connectivity index (χ0v) is 8.97. The van der Waals surface area contributed by atoms with Gasteiger partial charge in [0.15, 0.2) is 0 Å². The van der Waals surface area contributed by atoms with Crippen molar-refractivity contribution in [3.8, 4) is 5.75 Å². The predicted molar refractivity (Wildman–Crippen MR) is 56.1 cm³/mol. The number of ether oxygens (including phenoxy) is 2. The predicted octanol–water partition coefficient (Wildman–Crippen LogP) is 2.27. The molecule has 0 amide bonds. The fourth-order valence-electron chi connectivity index (χ4n) is 1.57. The molecule has 1 aliphatic rings. The van der Waals surface area contributed by atoms with Crippen LogP contribution >= 0.6 is 11.6 Å². The van der Waals surface area contributed by atoms with Gasteiger partial charge >= 0.3 is 0 Å². The number of methoxy groups -OCH3 is 1. The monoisotopic (exact) mass is 213 g/mol. The number of rotatable bonds is 1. The summed E-state index contributed by atoms with van der Waals surface area (Å²) in [6.45, 7) is 1.22. The molecule has 14 heavy (non-hydrogen) atoms. The average molecular weight is 214 g/mol. The molecule has 0 N–H and O–H groups in total. The minimum absolute atomic E-state index is 0.609. The summed E-state index contributed by atoms with van der Waals surface area (Å²) in [6, 6.07) is 3.84. The summed E-state index contributed by atoms with van der Waals surface area (Å²) in [5.41, 5.74) is 2.22. The quantitative estimate of drug-likeness (QED) is 0.715. The van der Waals surface area contributed by atoms with Crippen molar-refractivity contribution in [1.82, 2.24) is 0 Å². The first-order valence-corrected chi connectivity index (χ1v) is 4.75. The van der Waals surface area contributed by atoms with E-state index < -0.39 is 0 Å². The Hall–Kier alpha value is -0.930. The number of hydrogen-bond acceptors (Lipinski definition) is 3. The Labute approximate surface area is 88.2 Å². The molecule has 0 atom stereocenters. The minimum Gasteiger partial charge on any atom is -0.495 e. The number of nitrogens with zero attached hydrogens (tertiary/aromatic N) is 1. The lowest BCUT2D eigenvalue weighted by Gasteiger charge is -2.28. The normalized spacial score (nSPS) is 15.2. The van der Waals surface area contributed by atoms with Crippen LogP contribution < -0.4 is 9.64 Å². The van der Waals surface area contributed by atoms with E-state index >= 15 is 0 Å². The van der Waals surface area contributed by atoms with Crippen LogP contribution in [0.5, 0.6) is 5.75 Å². The number of benzene rings is 1. The lowest BCUT2D eigenvalue weighted by atomic mass is 10.1. The highest BCUT2D eigenvalue weighted by atomic mass is 35.5. The molecule has 1 heterocycles. The molecular weight excluding hydrogens is 202 g/mol. The van der Waals surface area contributed by atoms with Gasteiger partial charge in [0.25, 0.3) is 0 Å². The second kappa shape index (κ2) is 3.67. The van der Waals surface area contributed by atoms with E-state index in [0.717, 1.165) is 11.3 Å². The van der Waals surface area contributed by atoms with Crippen molar-refractivity contribution >= 4 is 17.3 Å². The maximum Gasteiger partial charge on any atom is 0.139 e. The second-order valence-electron chi connectivity index (χ2n) is 3.29. The van der Waals surface area contributed by atoms with Gasteiger partial charge in [0.1, 0.15) is 12.5 Å². The topological polar surface area (TPSA) is 21.7 Å². The van der Waals surface area contributed by atoms with E-state index in [1.54, 1.807) is 7.11 Å². The summed E-state index contributed by atoms with van der Waals surface area (Å²) in [5, 5.41) is 0.630. The Bertz CT molecular complexity index is 354. The van der Waals surface area contributed by atoms with E-state index in [9.17, 15) is 0 Å². The molecule has 4 heteroatoms. The first kappa shape index (κ1) is 9.62. The van der Waals surface area contributed by atoms with Crippen LogP contribution in [0.1, 0.15) is 5.56 Å². The van der Waals surface area contributed by atoms with Crippen molar-refractivity contribution in [2.45, 2.75) is 6.61 Å². The number of halogens is 1. The molecule has 0 saturated heterocycles. The largest absolute Gasteiger partial charge is 0.495 e. The van der Waals surface area contributed by atoms with Crippen molar-refractivity contribution in [2.24, 2.45) is 0 Å². The van der Waals surface area contributed by atoms with E-state index in [4.69, 9.17) is 21.1 Å². The summed E-state index contributed by atoms with van der Waals surface area (Å²) >= 11 is 6.01. The molecule has 1 aromatic rings. The molecule has 76 valence electrons. The third-order valence-corrected chi connectivity index (χ3v) is 2.60. The zero-order chi connectivity index (χ0) is 10.1. The minimum atomic E-state index is 0.609. The van der Waals surface area contributed by atoms with E-state index in [2.05, 4.69) is 0 Å². The number of anilines is 1. The second-order valence-corrected chi connectivity index (χ2v) is 3.70. The van der Waals surface area contributed by atoms with Crippen molar-refractivity contribution in [2.75, 3.05) is 25.8 Å². The smallest absolute Gasteiger partial charge is 0.139 e. The molecule has 1 aromatic carbocycles. The molecule has 0 bridgehead atoms. The molecule has 2 rings (SSSR count). The molecule has 0 radical (unpaired) electrons. The Morgan fingerprint density at radius 1 is 1.50 bits per heavy atom. The average Bonchev–Trinajstić information content (AvgIpc) is 2.17. The van der Waals surface area contributed by atoms with Gasteiger partial charge in [-0.2, -0.15) is 0 Å². The fourth-order valence-corrected chi connectivity index (χ4v) is 1.84. The van der Waals surface area contributed by atoms with E-state index in [0.29, 0.717) is 24.1 Å². The van der Waals surface area contributed by atoms with Crippen LogP contribution in [0.2, 0.25) is 5.02 Å². The third kappa shape index (κ3) is 1.53. The van der Waals surface area contributed by atoms with Crippen LogP contribution in [-0.2, 0) is 11.3 Å². The molecule has 3 nitrogen and oxygen atoms in total. The number of fused-ring (bicyclic) bond motifs is 1. The van der Waals surface area contributed by atoms with E-state index in [1.165, 1.54) is 0 Å². The van der Waals surface area contributed by atoms with Gasteiger partial charge in [0.05, 0.1) is 18.7 Å². The molecular formula is C10H12ClNO2. The maximum absolute atomic E-state index is 6.01. The highest BCUT2D eigenvalue weighted by molar-refractivity contribution is 6.32. The Balaban J connectivity index is 2.49. The van der Waals surface area contributed by atoms with Crippen molar-refractivity contribution in [1.29, 1.82) is 0 Å². The zero-order valence-electron chi connectivity index (χ0n) is 8.21. The van der Waals surface area contributed by atoms with Crippen LogP contribution in [0, 0.1) is 0 Å². The Morgan fingerprint density at radius 2 is 2.29 bits per heavy atom. The van der Waals surface area contributed by atoms with Crippen LogP contribution in [0.25, 0.3) is 0 Å². The molecule has 0 saturated carbocycles. The standard InChI is InChI=1S/C10H12ClNO2/c1-12-6-14-5-7-3-8(11)10(13-2)4-9(7)12/h3-4H,5-6H2,1-2H3. The summed E-state index contributed by atoms with van der Waals surface area (Å²) in [7, 11) is 3.60. The van der Waals surface area contributed by atoms with Crippen LogP contribution in [0.3, 0.4) is 0 Å². The van der Waals surface area contributed by atoms with Gasteiger partial charge in [-0.15, -0.1) is 0 Å². The van der Waals surface area contributed by atoms with Crippen molar-refractivity contribution < 1.29 is 9.47 Å². The van der Waals surface area contributed by atoms with Crippen LogP contribution in [0.4, 0.5) is 5.69 Å². The first-order chi connectivity index (χ1) is 6.72. The summed E-state index contributed by atoms with van der Waals surface area (Å²) in [6.07, 6.45) is 0. The summed E-state index contributed by atoms with van der Waals surface area (Å²) < 4.78 is 10.5. The van der Waals surface area contributed by atoms with Crippen LogP contribution in [0.15, 0.2) is 12.1 Å². The van der Waals surface area contributed by atoms with Gasteiger partial charge in [-0.25, -0.2) is 0 Å². The lowest BCUT2D eigenvalue weighted by Crippen LogP contribution is -2.26. The highest BCUT2D eigenvalue weighted by Crippen LogP contribution is 2.34. The van der Waals surface area contributed by atoms with Gasteiger partial charge in [0.2, 0.25) is 0 Å². The van der Waals surface area contributed by atoms with Gasteiger partial charge in [0, 0.05) is 24.4 Å². The third-order valence-electron chi connectivity index (χ3n) is 2.31. The first-order valence-electron chi connectivity index (χ1n) is 4.37. The van der Waals surface area contributed by atoms with Gasteiger partial charge in [-0.1, -0.05) is 11.6 Å². The summed E-state index contributed by atoms with van der Waals surface area (Å²) in [5.74, 6) is 0.708. The Kier molecular flexibility index (Phi) is 2.52. The molecule has 0 aliphatic carbocycles. The molecule has 0 unspecified atom stereocenters. The van der Waals surface area contributed by atoms with Crippen molar-refractivity contribution in [3.05, 3.63) is 22.7 Å². The number of hydrogen-bond donors (Lipinski definition) is 0. The molecule has 0 spiro atoms. The van der Waals surface area contributed by atoms with Gasteiger partial charge < -0.3 is 14.4 Å². The van der Waals surface area contributed by atoms with Gasteiger partial charge in [-0.3, -0.25) is 0 Å². The van der Waals surface area contributed by atoms with E-state index in [-0.39, 0.29) is 0 Å². The molecule has 0 fully saturated rings. The summed E-state index contributed by atoms with van der Waals surface area (Å²) in [4.78, 5) is 2.03. The molecule has 0 aromatic heterocycles. The maximum atomic E-state index is 6.01. The fraction of sp³-hybridized carbons (Fsp3) is 0.400. The SMILES string of the molecule is COc1cc2c(cc1Cl)COCN2C. The van der Waals surface area contributed by atoms with Crippen molar-refractivity contribution in [3.63, 3.8) is 0 Å². The van der Waals surface area contributed by atoms with E-state index in [1.807, 2.05) is 24.1 Å². The highest BCUT2D eigenvalue weighted by Gasteiger charge is 2.16.